The number of piperidine rings is 1. The first kappa shape index (κ1) is 24.3. The van der Waals surface area contributed by atoms with E-state index in [2.05, 4.69) is 49.1 Å². The normalized spacial score (nSPS) is 14.7. The highest BCUT2D eigenvalue weighted by molar-refractivity contribution is 5.28. The van der Waals surface area contributed by atoms with E-state index in [9.17, 15) is 10.1 Å². The number of ether oxygens (including phenoxy) is 1. The second-order valence-electron chi connectivity index (χ2n) is 8.02. The van der Waals surface area contributed by atoms with Crippen molar-refractivity contribution in [3.8, 4) is 5.75 Å². The molecule has 2 aromatic rings. The molecule has 1 aliphatic rings. The monoisotopic (exact) mass is 458 g/mol. The summed E-state index contributed by atoms with van der Waals surface area (Å²) in [5.74, 6) is 2.37. The first-order valence-electron chi connectivity index (χ1n) is 11.4. The standard InChI is InChI=1S/C22H34N8O3/c1-23-21(17-30(31)32)25-15-20-26-22(28(2)27-20)24-10-7-13-33-19-9-6-8-18(14-19)16-29-11-4-3-5-12-29/h6,8-9,14,17,23,25H,3-5,7,10-13,15-16H2,1-2H3,(H,24,26,27)/b21-17-. The van der Waals surface area contributed by atoms with Crippen molar-refractivity contribution in [3.05, 3.63) is 57.8 Å². The molecule has 0 atom stereocenters. The first-order chi connectivity index (χ1) is 16.0. The molecule has 180 valence electrons. The van der Waals surface area contributed by atoms with Crippen LogP contribution in [0.1, 0.15) is 37.1 Å². The third kappa shape index (κ3) is 8.26. The fourth-order valence-corrected chi connectivity index (χ4v) is 3.72. The lowest BCUT2D eigenvalue weighted by Crippen LogP contribution is -2.29. The van der Waals surface area contributed by atoms with Crippen LogP contribution in [0.25, 0.3) is 0 Å². The predicted molar refractivity (Wildman–Crippen MR) is 126 cm³/mol. The maximum atomic E-state index is 10.6. The fourth-order valence-electron chi connectivity index (χ4n) is 3.72. The quantitative estimate of drug-likeness (QED) is 0.235. The number of likely N-dealkylation sites (tertiary alicyclic amines) is 1. The number of nitrogens with one attached hydrogen (secondary N) is 3. The summed E-state index contributed by atoms with van der Waals surface area (Å²) in [5, 5.41) is 23.8. The van der Waals surface area contributed by atoms with E-state index in [1.807, 2.05) is 6.07 Å². The number of hydrogen-bond donors (Lipinski definition) is 3. The summed E-state index contributed by atoms with van der Waals surface area (Å²) in [5.41, 5.74) is 1.29. The number of hydrogen-bond acceptors (Lipinski definition) is 9. The highest BCUT2D eigenvalue weighted by atomic mass is 16.6. The van der Waals surface area contributed by atoms with Gasteiger partial charge in [-0.25, -0.2) is 4.68 Å². The van der Waals surface area contributed by atoms with Crippen molar-refractivity contribution in [2.45, 2.75) is 38.8 Å². The zero-order valence-electron chi connectivity index (χ0n) is 19.4. The molecule has 3 N–H and O–H groups in total. The van der Waals surface area contributed by atoms with Crippen LogP contribution in [-0.4, -0.2) is 57.9 Å². The lowest BCUT2D eigenvalue weighted by atomic mass is 10.1. The summed E-state index contributed by atoms with van der Waals surface area (Å²) in [6.45, 7) is 4.91. The molecule has 0 bridgehead atoms. The zero-order chi connectivity index (χ0) is 23.5. The predicted octanol–water partition coefficient (Wildman–Crippen LogP) is 2.07. The van der Waals surface area contributed by atoms with Crippen LogP contribution in [-0.2, 0) is 20.1 Å². The van der Waals surface area contributed by atoms with Crippen LogP contribution < -0.4 is 20.7 Å². The lowest BCUT2D eigenvalue weighted by Gasteiger charge is -2.26. The van der Waals surface area contributed by atoms with Crippen LogP contribution in [0.4, 0.5) is 5.95 Å². The Balaban J connectivity index is 1.38. The van der Waals surface area contributed by atoms with Gasteiger partial charge >= 0.3 is 0 Å². The van der Waals surface area contributed by atoms with E-state index in [0.717, 1.165) is 24.9 Å². The molecule has 3 rings (SSSR count). The van der Waals surface area contributed by atoms with E-state index in [0.29, 0.717) is 30.7 Å². The minimum atomic E-state index is -0.523. The summed E-state index contributed by atoms with van der Waals surface area (Å²) in [4.78, 5) is 17.0. The number of aromatic nitrogens is 3. The smallest absolute Gasteiger partial charge is 0.274 e. The molecule has 1 saturated heterocycles. The van der Waals surface area contributed by atoms with Crippen LogP contribution in [0.2, 0.25) is 0 Å². The van der Waals surface area contributed by atoms with Gasteiger partial charge in [-0.15, -0.1) is 0 Å². The first-order valence-corrected chi connectivity index (χ1v) is 11.4. The Kier molecular flexibility index (Phi) is 9.31. The Morgan fingerprint density at radius 3 is 2.88 bits per heavy atom. The molecule has 11 nitrogen and oxygen atoms in total. The third-order valence-corrected chi connectivity index (χ3v) is 5.37. The SMILES string of the molecule is CN/C(=C/[N+](=O)[O-])NCc1nc(NCCCOc2cccc(CN3CCCCC3)c2)n(C)n1. The van der Waals surface area contributed by atoms with Crippen LogP contribution in [0.3, 0.4) is 0 Å². The molecule has 0 spiro atoms. The minimum Gasteiger partial charge on any atom is -0.494 e. The molecule has 11 heteroatoms. The van der Waals surface area contributed by atoms with Gasteiger partial charge in [0.05, 0.1) is 18.1 Å². The summed E-state index contributed by atoms with van der Waals surface area (Å²) >= 11 is 0. The van der Waals surface area contributed by atoms with Gasteiger partial charge in [-0.2, -0.15) is 10.1 Å². The molecule has 33 heavy (non-hydrogen) atoms. The number of benzene rings is 1. The molecule has 0 aliphatic carbocycles. The summed E-state index contributed by atoms with van der Waals surface area (Å²) < 4.78 is 7.59. The van der Waals surface area contributed by atoms with Crippen molar-refractivity contribution < 1.29 is 9.66 Å². The maximum absolute atomic E-state index is 10.6. The number of aryl methyl sites for hydroxylation is 1. The van der Waals surface area contributed by atoms with E-state index in [-0.39, 0.29) is 6.54 Å². The molecule has 1 aromatic carbocycles. The molecule has 0 unspecified atom stereocenters. The van der Waals surface area contributed by atoms with Gasteiger partial charge < -0.3 is 20.7 Å². The molecule has 0 amide bonds. The Morgan fingerprint density at radius 1 is 1.30 bits per heavy atom. The summed E-state index contributed by atoms with van der Waals surface area (Å²) in [6.07, 6.45) is 5.61. The van der Waals surface area contributed by atoms with Gasteiger partial charge in [0, 0.05) is 27.2 Å². The van der Waals surface area contributed by atoms with Crippen molar-refractivity contribution in [1.29, 1.82) is 0 Å². The third-order valence-electron chi connectivity index (χ3n) is 5.37. The molecule has 1 aliphatic heterocycles. The van der Waals surface area contributed by atoms with E-state index < -0.39 is 4.92 Å². The van der Waals surface area contributed by atoms with Crippen molar-refractivity contribution >= 4 is 5.95 Å². The highest BCUT2D eigenvalue weighted by Crippen LogP contribution is 2.17. The maximum Gasteiger partial charge on any atom is 0.274 e. The van der Waals surface area contributed by atoms with E-state index in [4.69, 9.17) is 4.74 Å². The second-order valence-corrected chi connectivity index (χ2v) is 8.02. The number of anilines is 1. The second kappa shape index (κ2) is 12.6. The lowest BCUT2D eigenvalue weighted by molar-refractivity contribution is -0.404. The van der Waals surface area contributed by atoms with E-state index in [1.165, 1.54) is 37.9 Å². The average molecular weight is 459 g/mol. The summed E-state index contributed by atoms with van der Waals surface area (Å²) in [6, 6.07) is 8.36. The molecular formula is C22H34N8O3. The molecule has 1 aromatic heterocycles. The van der Waals surface area contributed by atoms with Gasteiger partial charge in [-0.3, -0.25) is 15.0 Å². The van der Waals surface area contributed by atoms with Crippen molar-refractivity contribution in [2.75, 3.05) is 38.6 Å². The van der Waals surface area contributed by atoms with Gasteiger partial charge in [0.25, 0.3) is 6.20 Å². The van der Waals surface area contributed by atoms with E-state index in [1.54, 1.807) is 18.8 Å². The van der Waals surface area contributed by atoms with Gasteiger partial charge in [-0.05, 0) is 50.0 Å². The van der Waals surface area contributed by atoms with Crippen molar-refractivity contribution in [3.63, 3.8) is 0 Å². The Labute approximate surface area is 194 Å². The number of rotatable bonds is 13. The molecule has 0 saturated carbocycles. The Morgan fingerprint density at radius 2 is 2.12 bits per heavy atom. The molecule has 2 heterocycles. The Hall–Kier alpha value is -3.34. The van der Waals surface area contributed by atoms with E-state index >= 15 is 0 Å². The summed E-state index contributed by atoms with van der Waals surface area (Å²) in [7, 11) is 3.41. The van der Waals surface area contributed by atoms with Crippen LogP contribution >= 0.6 is 0 Å². The van der Waals surface area contributed by atoms with Crippen molar-refractivity contribution in [1.82, 2.24) is 30.3 Å². The average Bonchev–Trinajstić information content (AvgIpc) is 3.16. The van der Waals surface area contributed by atoms with Crippen LogP contribution in [0.5, 0.6) is 5.75 Å². The number of nitro groups is 1. The van der Waals surface area contributed by atoms with Gasteiger partial charge in [0.2, 0.25) is 5.95 Å². The largest absolute Gasteiger partial charge is 0.494 e. The highest BCUT2D eigenvalue weighted by Gasteiger charge is 2.11. The van der Waals surface area contributed by atoms with Crippen molar-refractivity contribution in [2.24, 2.45) is 7.05 Å². The molecule has 1 fully saturated rings. The molecule has 0 radical (unpaired) electrons. The van der Waals surface area contributed by atoms with Gasteiger partial charge in [-0.1, -0.05) is 18.6 Å². The van der Waals surface area contributed by atoms with Gasteiger partial charge in [0.15, 0.2) is 11.6 Å². The van der Waals surface area contributed by atoms with Crippen LogP contribution in [0.15, 0.2) is 36.3 Å². The topological polar surface area (TPSA) is 122 Å². The minimum absolute atomic E-state index is 0.271. The van der Waals surface area contributed by atoms with Crippen LogP contribution in [0, 0.1) is 10.1 Å². The fraction of sp³-hybridized carbons (Fsp3) is 0.545. The van der Waals surface area contributed by atoms with Gasteiger partial charge in [0.1, 0.15) is 5.75 Å². The molecular weight excluding hydrogens is 424 g/mol. The Bertz CT molecular complexity index is 924. The number of nitrogens with zero attached hydrogens (tertiary/aromatic N) is 5. The zero-order valence-corrected chi connectivity index (χ0v) is 19.4.